The van der Waals surface area contributed by atoms with E-state index in [0.29, 0.717) is 6.61 Å². The molecule has 0 saturated heterocycles. The lowest BCUT2D eigenvalue weighted by Gasteiger charge is -2.17. The van der Waals surface area contributed by atoms with E-state index in [1.807, 2.05) is 68.4 Å². The zero-order valence-corrected chi connectivity index (χ0v) is 13.7. The highest BCUT2D eigenvalue weighted by molar-refractivity contribution is 5.77. The Bertz CT molecular complexity index is 628. The van der Waals surface area contributed by atoms with Gasteiger partial charge < -0.3 is 15.8 Å². The van der Waals surface area contributed by atoms with Gasteiger partial charge in [0.1, 0.15) is 12.4 Å². The SMILES string of the molecule is Cc1cccc(OCC(C)NC(=O)CC(N)c2ccccc2)c1. The van der Waals surface area contributed by atoms with Crippen molar-refractivity contribution in [2.24, 2.45) is 5.73 Å². The van der Waals surface area contributed by atoms with Crippen LogP contribution in [0.1, 0.15) is 30.5 Å². The first kappa shape index (κ1) is 17.0. The van der Waals surface area contributed by atoms with Crippen LogP contribution in [0.5, 0.6) is 5.75 Å². The maximum Gasteiger partial charge on any atom is 0.222 e. The largest absolute Gasteiger partial charge is 0.491 e. The third-order valence-corrected chi connectivity index (χ3v) is 3.53. The first-order chi connectivity index (χ1) is 11.0. The van der Waals surface area contributed by atoms with Gasteiger partial charge in [0.05, 0.1) is 6.04 Å². The predicted octanol–water partition coefficient (Wildman–Crippen LogP) is 2.97. The van der Waals surface area contributed by atoms with E-state index in [1.165, 1.54) is 0 Å². The number of rotatable bonds is 7. The molecule has 2 aromatic carbocycles. The Kier molecular flexibility index (Phi) is 6.18. The second kappa shape index (κ2) is 8.34. The second-order valence-electron chi connectivity index (χ2n) is 5.82. The van der Waals surface area contributed by atoms with Crippen LogP contribution >= 0.6 is 0 Å². The molecule has 0 aromatic heterocycles. The highest BCUT2D eigenvalue weighted by Gasteiger charge is 2.13. The third-order valence-electron chi connectivity index (χ3n) is 3.53. The second-order valence-corrected chi connectivity index (χ2v) is 5.82. The van der Waals surface area contributed by atoms with Gasteiger partial charge in [-0.1, -0.05) is 42.5 Å². The highest BCUT2D eigenvalue weighted by atomic mass is 16.5. The number of ether oxygens (including phenoxy) is 1. The lowest BCUT2D eigenvalue weighted by molar-refractivity contribution is -0.122. The molecule has 0 fully saturated rings. The average molecular weight is 312 g/mol. The van der Waals surface area contributed by atoms with E-state index in [2.05, 4.69) is 5.32 Å². The molecule has 0 aliphatic heterocycles. The van der Waals surface area contributed by atoms with Gasteiger partial charge >= 0.3 is 0 Å². The maximum atomic E-state index is 12.1. The normalized spacial score (nSPS) is 13.2. The Morgan fingerprint density at radius 1 is 1.17 bits per heavy atom. The molecule has 2 atom stereocenters. The topological polar surface area (TPSA) is 64.3 Å². The van der Waals surface area contributed by atoms with Crippen molar-refractivity contribution >= 4 is 5.91 Å². The van der Waals surface area contributed by atoms with Crippen LogP contribution in [0.4, 0.5) is 0 Å². The lowest BCUT2D eigenvalue weighted by atomic mass is 10.0. The highest BCUT2D eigenvalue weighted by Crippen LogP contribution is 2.14. The molecule has 3 N–H and O–H groups in total. The fraction of sp³-hybridized carbons (Fsp3) is 0.316. The van der Waals surface area contributed by atoms with Gasteiger partial charge in [0, 0.05) is 12.5 Å². The van der Waals surface area contributed by atoms with E-state index in [0.717, 1.165) is 16.9 Å². The van der Waals surface area contributed by atoms with Crippen molar-refractivity contribution in [3.8, 4) is 5.75 Å². The number of benzene rings is 2. The summed E-state index contributed by atoms with van der Waals surface area (Å²) < 4.78 is 5.69. The van der Waals surface area contributed by atoms with E-state index in [9.17, 15) is 4.79 Å². The van der Waals surface area contributed by atoms with Crippen LogP contribution in [0.3, 0.4) is 0 Å². The van der Waals surface area contributed by atoms with Crippen LogP contribution in [0, 0.1) is 6.92 Å². The van der Waals surface area contributed by atoms with E-state index in [4.69, 9.17) is 10.5 Å². The van der Waals surface area contributed by atoms with Crippen molar-refractivity contribution in [2.45, 2.75) is 32.4 Å². The molecule has 23 heavy (non-hydrogen) atoms. The third kappa shape index (κ3) is 5.75. The van der Waals surface area contributed by atoms with Crippen LogP contribution in [0.25, 0.3) is 0 Å². The van der Waals surface area contributed by atoms with Crippen LogP contribution in [-0.2, 0) is 4.79 Å². The van der Waals surface area contributed by atoms with Crippen molar-refractivity contribution in [3.05, 3.63) is 65.7 Å². The van der Waals surface area contributed by atoms with Gasteiger partial charge in [0.25, 0.3) is 0 Å². The number of carbonyl (C=O) groups is 1. The molecule has 4 heteroatoms. The first-order valence-electron chi connectivity index (χ1n) is 7.84. The summed E-state index contributed by atoms with van der Waals surface area (Å²) in [6, 6.07) is 17.1. The number of nitrogens with one attached hydrogen (secondary N) is 1. The quantitative estimate of drug-likeness (QED) is 0.826. The minimum atomic E-state index is -0.291. The van der Waals surface area contributed by atoms with E-state index in [-0.39, 0.29) is 24.4 Å². The van der Waals surface area contributed by atoms with Crippen molar-refractivity contribution in [1.82, 2.24) is 5.32 Å². The van der Waals surface area contributed by atoms with Gasteiger partial charge in [-0.05, 0) is 37.1 Å². The zero-order valence-electron chi connectivity index (χ0n) is 13.7. The fourth-order valence-electron chi connectivity index (χ4n) is 2.32. The minimum absolute atomic E-state index is 0.0679. The molecule has 2 unspecified atom stereocenters. The molecule has 1 amide bonds. The fourth-order valence-corrected chi connectivity index (χ4v) is 2.32. The summed E-state index contributed by atoms with van der Waals surface area (Å²) in [7, 11) is 0. The molecular weight excluding hydrogens is 288 g/mol. The molecule has 2 aromatic rings. The summed E-state index contributed by atoms with van der Waals surface area (Å²) in [6.45, 7) is 4.36. The molecule has 0 aliphatic rings. The number of hydrogen-bond donors (Lipinski definition) is 2. The maximum absolute atomic E-state index is 12.1. The Morgan fingerprint density at radius 3 is 2.61 bits per heavy atom. The van der Waals surface area contributed by atoms with Gasteiger partial charge in [-0.2, -0.15) is 0 Å². The number of amides is 1. The van der Waals surface area contributed by atoms with E-state index < -0.39 is 0 Å². The summed E-state index contributed by atoms with van der Waals surface area (Å²) in [5.74, 6) is 0.744. The van der Waals surface area contributed by atoms with Gasteiger partial charge in [-0.15, -0.1) is 0 Å². The molecule has 4 nitrogen and oxygen atoms in total. The Balaban J connectivity index is 1.76. The zero-order chi connectivity index (χ0) is 16.7. The van der Waals surface area contributed by atoms with Crippen molar-refractivity contribution in [3.63, 3.8) is 0 Å². The Labute approximate surface area is 137 Å². The van der Waals surface area contributed by atoms with Crippen molar-refractivity contribution in [1.29, 1.82) is 0 Å². The molecule has 0 aliphatic carbocycles. The molecule has 0 bridgehead atoms. The smallest absolute Gasteiger partial charge is 0.222 e. The Hall–Kier alpha value is -2.33. The van der Waals surface area contributed by atoms with Crippen LogP contribution in [0.15, 0.2) is 54.6 Å². The number of carbonyl (C=O) groups excluding carboxylic acids is 1. The van der Waals surface area contributed by atoms with E-state index >= 15 is 0 Å². The average Bonchev–Trinajstić information content (AvgIpc) is 2.53. The standard InChI is InChI=1S/C19H24N2O2/c1-14-7-6-10-17(11-14)23-13-15(2)21-19(22)12-18(20)16-8-4-3-5-9-16/h3-11,15,18H,12-13,20H2,1-2H3,(H,21,22). The molecular formula is C19H24N2O2. The lowest BCUT2D eigenvalue weighted by Crippen LogP contribution is -2.38. The predicted molar refractivity (Wildman–Crippen MR) is 92.3 cm³/mol. The van der Waals surface area contributed by atoms with Gasteiger partial charge in [-0.25, -0.2) is 0 Å². The molecule has 122 valence electrons. The van der Waals surface area contributed by atoms with Crippen LogP contribution in [0.2, 0.25) is 0 Å². The van der Waals surface area contributed by atoms with Gasteiger partial charge in [0.15, 0.2) is 0 Å². The van der Waals surface area contributed by atoms with Crippen molar-refractivity contribution in [2.75, 3.05) is 6.61 Å². The summed E-state index contributed by atoms with van der Waals surface area (Å²) in [6.07, 6.45) is 0.263. The number of nitrogens with two attached hydrogens (primary N) is 1. The van der Waals surface area contributed by atoms with Crippen molar-refractivity contribution < 1.29 is 9.53 Å². The molecule has 0 heterocycles. The molecule has 0 saturated carbocycles. The molecule has 2 rings (SSSR count). The number of hydrogen-bond acceptors (Lipinski definition) is 3. The first-order valence-corrected chi connectivity index (χ1v) is 7.84. The summed E-state index contributed by atoms with van der Waals surface area (Å²) >= 11 is 0. The van der Waals surface area contributed by atoms with E-state index in [1.54, 1.807) is 0 Å². The monoisotopic (exact) mass is 312 g/mol. The summed E-state index contributed by atoms with van der Waals surface area (Å²) in [4.78, 5) is 12.1. The van der Waals surface area contributed by atoms with Gasteiger partial charge in [0.2, 0.25) is 5.91 Å². The summed E-state index contributed by atoms with van der Waals surface area (Å²) in [5, 5.41) is 2.92. The molecule has 0 spiro atoms. The minimum Gasteiger partial charge on any atom is -0.491 e. The van der Waals surface area contributed by atoms with Gasteiger partial charge in [-0.3, -0.25) is 4.79 Å². The Morgan fingerprint density at radius 2 is 1.91 bits per heavy atom. The molecule has 0 radical (unpaired) electrons. The van der Waals surface area contributed by atoms with Crippen LogP contribution in [-0.4, -0.2) is 18.6 Å². The summed E-state index contributed by atoms with van der Waals surface area (Å²) in [5.41, 5.74) is 8.17. The number of aryl methyl sites for hydroxylation is 1. The van der Waals surface area contributed by atoms with Crippen LogP contribution < -0.4 is 15.8 Å².